The smallest absolute Gasteiger partial charge is 0.273 e. The average Bonchev–Trinajstić information content (AvgIpc) is 3.19. The molecule has 1 N–H and O–H groups in total. The molecule has 0 bridgehead atoms. The Labute approximate surface area is 167 Å². The quantitative estimate of drug-likeness (QED) is 0.566. The largest absolute Gasteiger partial charge is 0.326 e. The fraction of sp³-hybridized carbons (Fsp3) is 0.278. The minimum atomic E-state index is -3.74. The fourth-order valence-electron chi connectivity index (χ4n) is 3.06. The Bertz CT molecular complexity index is 1020. The lowest BCUT2D eigenvalue weighted by Crippen LogP contribution is -2.28. The number of hydrogen-bond donors (Lipinski definition) is 1. The molecule has 3 rings (SSSR count). The van der Waals surface area contributed by atoms with E-state index in [1.165, 1.54) is 40.7 Å². The van der Waals surface area contributed by atoms with Crippen LogP contribution < -0.4 is 5.32 Å². The summed E-state index contributed by atoms with van der Waals surface area (Å²) in [5.41, 5.74) is 0.376. The Morgan fingerprint density at radius 2 is 1.86 bits per heavy atom. The molecule has 1 aliphatic heterocycles. The van der Waals surface area contributed by atoms with Crippen molar-refractivity contribution in [3.8, 4) is 0 Å². The first-order chi connectivity index (χ1) is 13.3. The van der Waals surface area contributed by atoms with Gasteiger partial charge in [-0.3, -0.25) is 14.9 Å². The summed E-state index contributed by atoms with van der Waals surface area (Å²) in [5, 5.41) is 13.7. The lowest BCUT2D eigenvalue weighted by atomic mass is 10.1. The van der Waals surface area contributed by atoms with Crippen LogP contribution in [-0.4, -0.2) is 36.6 Å². The minimum Gasteiger partial charge on any atom is -0.326 e. The zero-order valence-corrected chi connectivity index (χ0v) is 16.4. The van der Waals surface area contributed by atoms with E-state index < -0.39 is 20.9 Å². The third kappa shape index (κ3) is 4.32. The van der Waals surface area contributed by atoms with Crippen molar-refractivity contribution in [1.82, 2.24) is 4.31 Å². The highest BCUT2D eigenvalue weighted by molar-refractivity contribution is 7.89. The van der Waals surface area contributed by atoms with Crippen molar-refractivity contribution in [1.29, 1.82) is 0 Å². The van der Waals surface area contributed by atoms with Crippen molar-refractivity contribution in [2.75, 3.05) is 18.4 Å². The van der Waals surface area contributed by atoms with Crippen molar-refractivity contribution >= 4 is 38.9 Å². The summed E-state index contributed by atoms with van der Waals surface area (Å²) in [5.74, 6) is -0.499. The number of benzene rings is 2. The lowest BCUT2D eigenvalue weighted by molar-refractivity contribution is -0.385. The molecular weight excluding hydrogens is 406 g/mol. The molecule has 0 saturated carbocycles. The number of amides is 1. The molecule has 148 valence electrons. The number of anilines is 1. The SMILES string of the molecule is O=C(Cc1ccccc1[N+](=O)[O-])Nc1ccc(Cl)c(S(=O)(=O)N2CCCC2)c1. The van der Waals surface area contributed by atoms with Gasteiger partial charge in [0.05, 0.1) is 16.4 Å². The number of nitro groups is 1. The van der Waals surface area contributed by atoms with Crippen LogP contribution in [-0.2, 0) is 21.2 Å². The first-order valence-corrected chi connectivity index (χ1v) is 10.4. The van der Waals surface area contributed by atoms with E-state index in [0.29, 0.717) is 13.1 Å². The van der Waals surface area contributed by atoms with Crippen molar-refractivity contribution < 1.29 is 18.1 Å². The Morgan fingerprint density at radius 1 is 1.18 bits per heavy atom. The number of nitrogens with one attached hydrogen (secondary N) is 1. The van der Waals surface area contributed by atoms with E-state index in [1.807, 2.05) is 0 Å². The predicted octanol–water partition coefficient (Wildman–Crippen LogP) is 3.21. The summed E-state index contributed by atoms with van der Waals surface area (Å²) >= 11 is 6.09. The molecule has 28 heavy (non-hydrogen) atoms. The van der Waals surface area contributed by atoms with Crippen LogP contribution in [0.1, 0.15) is 18.4 Å². The van der Waals surface area contributed by atoms with Crippen LogP contribution in [0.2, 0.25) is 5.02 Å². The molecule has 1 aliphatic rings. The molecule has 0 aromatic heterocycles. The molecule has 10 heteroatoms. The Balaban J connectivity index is 1.80. The van der Waals surface area contributed by atoms with Gasteiger partial charge in [-0.15, -0.1) is 0 Å². The lowest BCUT2D eigenvalue weighted by Gasteiger charge is -2.17. The van der Waals surface area contributed by atoms with Crippen LogP contribution in [0.25, 0.3) is 0 Å². The van der Waals surface area contributed by atoms with E-state index in [1.54, 1.807) is 6.07 Å². The van der Waals surface area contributed by atoms with Gasteiger partial charge in [0.15, 0.2) is 0 Å². The summed E-state index contributed by atoms with van der Waals surface area (Å²) < 4.78 is 26.9. The summed E-state index contributed by atoms with van der Waals surface area (Å²) in [6, 6.07) is 10.2. The van der Waals surface area contributed by atoms with Crippen molar-refractivity contribution in [2.45, 2.75) is 24.2 Å². The maximum absolute atomic E-state index is 12.8. The van der Waals surface area contributed by atoms with Crippen molar-refractivity contribution in [2.24, 2.45) is 0 Å². The molecule has 1 fully saturated rings. The van der Waals surface area contributed by atoms with Crippen LogP contribution in [0, 0.1) is 10.1 Å². The summed E-state index contributed by atoms with van der Waals surface area (Å²) in [6.07, 6.45) is 1.38. The highest BCUT2D eigenvalue weighted by Crippen LogP contribution is 2.30. The minimum absolute atomic E-state index is 0.0699. The van der Waals surface area contributed by atoms with Gasteiger partial charge in [0.1, 0.15) is 4.90 Å². The molecule has 2 aromatic carbocycles. The van der Waals surface area contributed by atoms with Crippen LogP contribution in [0.3, 0.4) is 0 Å². The number of sulfonamides is 1. The second-order valence-corrected chi connectivity index (χ2v) is 8.68. The van der Waals surface area contributed by atoms with Gasteiger partial charge in [-0.1, -0.05) is 29.8 Å². The second kappa shape index (κ2) is 8.26. The molecule has 0 radical (unpaired) electrons. The van der Waals surface area contributed by atoms with Crippen molar-refractivity contribution in [3.63, 3.8) is 0 Å². The van der Waals surface area contributed by atoms with Crippen LogP contribution in [0.5, 0.6) is 0 Å². The van der Waals surface area contributed by atoms with Gasteiger partial charge in [0, 0.05) is 30.4 Å². The van der Waals surface area contributed by atoms with Gasteiger partial charge in [-0.25, -0.2) is 8.42 Å². The predicted molar refractivity (Wildman–Crippen MR) is 105 cm³/mol. The van der Waals surface area contributed by atoms with Gasteiger partial charge in [0.2, 0.25) is 15.9 Å². The highest BCUT2D eigenvalue weighted by Gasteiger charge is 2.29. The summed E-state index contributed by atoms with van der Waals surface area (Å²) in [7, 11) is -3.74. The number of carbonyl (C=O) groups is 1. The molecule has 0 spiro atoms. The summed E-state index contributed by atoms with van der Waals surface area (Å²) in [6.45, 7) is 0.875. The molecule has 0 atom stereocenters. The van der Waals surface area contributed by atoms with Gasteiger partial charge >= 0.3 is 0 Å². The highest BCUT2D eigenvalue weighted by atomic mass is 35.5. The molecular formula is C18H18ClN3O5S. The number of nitro benzene ring substituents is 1. The zero-order chi connectivity index (χ0) is 20.3. The molecule has 2 aromatic rings. The topological polar surface area (TPSA) is 110 Å². The number of carbonyl (C=O) groups excluding carboxylic acids is 1. The zero-order valence-electron chi connectivity index (χ0n) is 14.8. The molecule has 1 amide bonds. The van der Waals surface area contributed by atoms with Gasteiger partial charge in [-0.05, 0) is 31.0 Å². The number of hydrogen-bond acceptors (Lipinski definition) is 5. The van der Waals surface area contributed by atoms with Crippen LogP contribution in [0.4, 0.5) is 11.4 Å². The third-order valence-corrected chi connectivity index (χ3v) is 6.82. The fourth-order valence-corrected chi connectivity index (χ4v) is 5.08. The van der Waals surface area contributed by atoms with E-state index in [2.05, 4.69) is 5.32 Å². The Kier molecular flexibility index (Phi) is 5.97. The van der Waals surface area contributed by atoms with Crippen LogP contribution in [0.15, 0.2) is 47.4 Å². The number of nitrogens with zero attached hydrogens (tertiary/aromatic N) is 2. The third-order valence-electron chi connectivity index (χ3n) is 4.44. The molecule has 8 nitrogen and oxygen atoms in total. The first kappa shape index (κ1) is 20.2. The standard InChI is InChI=1S/C18H18ClN3O5S/c19-15-8-7-14(12-17(15)28(26,27)21-9-3-4-10-21)20-18(23)11-13-5-1-2-6-16(13)22(24)25/h1-2,5-8,12H,3-4,9-11H2,(H,20,23). The number of halogens is 1. The maximum Gasteiger partial charge on any atom is 0.273 e. The molecule has 1 heterocycles. The summed E-state index contributed by atoms with van der Waals surface area (Å²) in [4.78, 5) is 22.8. The monoisotopic (exact) mass is 423 g/mol. The maximum atomic E-state index is 12.8. The van der Waals surface area contributed by atoms with E-state index in [0.717, 1.165) is 12.8 Å². The van der Waals surface area contributed by atoms with E-state index in [-0.39, 0.29) is 33.3 Å². The average molecular weight is 424 g/mol. The van der Waals surface area contributed by atoms with E-state index >= 15 is 0 Å². The Morgan fingerprint density at radius 3 is 2.54 bits per heavy atom. The van der Waals surface area contributed by atoms with Gasteiger partial charge < -0.3 is 5.32 Å². The Hall–Kier alpha value is -2.49. The van der Waals surface area contributed by atoms with E-state index in [9.17, 15) is 23.3 Å². The second-order valence-electron chi connectivity index (χ2n) is 6.37. The van der Waals surface area contributed by atoms with Gasteiger partial charge in [-0.2, -0.15) is 4.31 Å². The van der Waals surface area contributed by atoms with E-state index in [4.69, 9.17) is 11.6 Å². The van der Waals surface area contributed by atoms with Gasteiger partial charge in [0.25, 0.3) is 5.69 Å². The number of para-hydroxylation sites is 1. The molecule has 1 saturated heterocycles. The molecule has 0 aliphatic carbocycles. The van der Waals surface area contributed by atoms with Crippen molar-refractivity contribution in [3.05, 3.63) is 63.2 Å². The molecule has 0 unspecified atom stereocenters. The normalized spacial score (nSPS) is 14.8. The first-order valence-electron chi connectivity index (χ1n) is 8.61. The van der Waals surface area contributed by atoms with Crippen LogP contribution >= 0.6 is 11.6 Å². The number of rotatable bonds is 6.